The predicted octanol–water partition coefficient (Wildman–Crippen LogP) is 4.58. The van der Waals surface area contributed by atoms with Gasteiger partial charge >= 0.3 is 7.60 Å². The van der Waals surface area contributed by atoms with Crippen LogP contribution in [-0.2, 0) is 25.6 Å². The second kappa shape index (κ2) is 19.5. The van der Waals surface area contributed by atoms with Gasteiger partial charge in [0.2, 0.25) is 12.3 Å². The van der Waals surface area contributed by atoms with Crippen LogP contribution in [0.2, 0.25) is 0 Å². The number of benzene rings is 2. The Balaban J connectivity index is 1.67. The molecule has 1 heterocycles. The number of carbonyl (C=O) groups excluding carboxylic acids is 4. The van der Waals surface area contributed by atoms with Crippen LogP contribution in [0.5, 0.6) is 5.75 Å². The van der Waals surface area contributed by atoms with E-state index in [4.69, 9.17) is 23.8 Å². The van der Waals surface area contributed by atoms with Gasteiger partial charge in [-0.1, -0.05) is 63.4 Å². The van der Waals surface area contributed by atoms with Gasteiger partial charge < -0.3 is 34.9 Å². The molecule has 1 aromatic heterocycles. The average molecular weight is 701 g/mol. The maximum absolute atomic E-state index is 13.4. The lowest BCUT2D eigenvalue weighted by Gasteiger charge is -2.32. The number of nitrogens with zero attached hydrogens (tertiary/aromatic N) is 1. The first-order chi connectivity index (χ1) is 23.5. The standard InChI is InChI=1S/C34H45N4O10P/c1-4-7-9-14-28(29(5-2)38(23-39)47-20-24-12-10-8-11-13-24)33(41)35-21-36-34(42)31-16-15-30(48-31)25-17-26(19-27(18-25)46-6-3)32(40)37-22-49(43,44)45/h8,10-13,15-19,23,28-29H,4-7,9,14,20-22H2,1-3H3,(H,35,41)(H,36,42)(H,37,40)(H2,43,44,45)/t28?,29-/m1/s1. The van der Waals surface area contributed by atoms with Crippen molar-refractivity contribution < 1.29 is 47.5 Å². The van der Waals surface area contributed by atoms with Crippen LogP contribution in [0.25, 0.3) is 11.3 Å². The molecule has 0 aliphatic carbocycles. The van der Waals surface area contributed by atoms with Crippen molar-refractivity contribution in [2.45, 2.75) is 65.5 Å². The van der Waals surface area contributed by atoms with Crippen molar-refractivity contribution >= 4 is 31.7 Å². The molecule has 4 amide bonds. The summed E-state index contributed by atoms with van der Waals surface area (Å²) in [5.41, 5.74) is 1.33. The Kier molecular flexibility index (Phi) is 15.5. The number of hydroxylamine groups is 2. The number of hydrogen-bond acceptors (Lipinski definition) is 8. The average Bonchev–Trinajstić information content (AvgIpc) is 3.59. The van der Waals surface area contributed by atoms with E-state index in [0.29, 0.717) is 30.6 Å². The fourth-order valence-electron chi connectivity index (χ4n) is 5.13. The van der Waals surface area contributed by atoms with E-state index in [-0.39, 0.29) is 42.9 Å². The maximum Gasteiger partial charge on any atom is 0.344 e. The first-order valence-corrected chi connectivity index (χ1v) is 18.0. The van der Waals surface area contributed by atoms with Crippen molar-refractivity contribution in [1.29, 1.82) is 0 Å². The molecule has 14 nitrogen and oxygen atoms in total. The second-order valence-corrected chi connectivity index (χ2v) is 12.8. The van der Waals surface area contributed by atoms with Gasteiger partial charge in [0.15, 0.2) is 5.76 Å². The SMILES string of the molecule is CCCCCC(C(=O)NCNC(=O)c1ccc(-c2cc(OCC)cc(C(=O)NCP(=O)(O)O)c2)o1)[C@@H](CC)N(C=O)OCc1ccccc1. The number of unbranched alkanes of at least 4 members (excludes halogenated alkanes) is 2. The zero-order valence-corrected chi connectivity index (χ0v) is 28.8. The van der Waals surface area contributed by atoms with E-state index >= 15 is 0 Å². The molecule has 2 atom stereocenters. The summed E-state index contributed by atoms with van der Waals surface area (Å²) in [6, 6.07) is 16.3. The quantitative estimate of drug-likeness (QED) is 0.0345. The smallest absolute Gasteiger partial charge is 0.344 e. The highest BCUT2D eigenvalue weighted by molar-refractivity contribution is 7.51. The Morgan fingerprint density at radius 1 is 0.959 bits per heavy atom. The summed E-state index contributed by atoms with van der Waals surface area (Å²) in [7, 11) is -4.47. The van der Waals surface area contributed by atoms with Crippen LogP contribution in [0.1, 0.15) is 79.4 Å². The third kappa shape index (κ3) is 12.5. The Bertz CT molecular complexity index is 1580. The molecule has 3 aromatic rings. The molecule has 0 aliphatic rings. The topological polar surface area (TPSA) is 197 Å². The summed E-state index contributed by atoms with van der Waals surface area (Å²) in [5.74, 6) is -1.79. The van der Waals surface area contributed by atoms with E-state index in [1.165, 1.54) is 29.3 Å². The molecular formula is C34H45N4O10P. The highest BCUT2D eigenvalue weighted by Gasteiger charge is 2.32. The normalized spacial score (nSPS) is 12.4. The molecule has 5 N–H and O–H groups in total. The van der Waals surface area contributed by atoms with Gasteiger partial charge in [0, 0.05) is 11.1 Å². The molecule has 0 saturated carbocycles. The lowest BCUT2D eigenvalue weighted by molar-refractivity contribution is -0.200. The minimum atomic E-state index is -4.47. The number of nitrogens with one attached hydrogen (secondary N) is 3. The number of ether oxygens (including phenoxy) is 1. The Labute approximate surface area is 285 Å². The molecule has 266 valence electrons. The first-order valence-electron chi connectivity index (χ1n) is 16.2. The van der Waals surface area contributed by atoms with Gasteiger partial charge in [-0.15, -0.1) is 0 Å². The summed E-state index contributed by atoms with van der Waals surface area (Å²) in [4.78, 5) is 75.1. The number of hydrogen-bond donors (Lipinski definition) is 5. The lowest BCUT2D eigenvalue weighted by atomic mass is 9.90. The van der Waals surface area contributed by atoms with Gasteiger partial charge in [0.1, 0.15) is 24.4 Å². The summed E-state index contributed by atoms with van der Waals surface area (Å²) >= 11 is 0. The van der Waals surface area contributed by atoms with E-state index in [2.05, 4.69) is 22.9 Å². The Morgan fingerprint density at radius 3 is 2.37 bits per heavy atom. The van der Waals surface area contributed by atoms with Crippen molar-refractivity contribution in [3.8, 4) is 17.1 Å². The molecule has 49 heavy (non-hydrogen) atoms. The number of furan rings is 1. The number of carbonyl (C=O) groups is 4. The largest absolute Gasteiger partial charge is 0.494 e. The number of rotatable bonds is 21. The lowest BCUT2D eigenvalue weighted by Crippen LogP contribution is -2.48. The minimum absolute atomic E-state index is 0.0639. The van der Waals surface area contributed by atoms with Crippen molar-refractivity contribution in [2.24, 2.45) is 5.92 Å². The van der Waals surface area contributed by atoms with Gasteiger partial charge in [-0.25, -0.2) is 5.06 Å². The van der Waals surface area contributed by atoms with Gasteiger partial charge in [-0.2, -0.15) is 0 Å². The van der Waals surface area contributed by atoms with Crippen LogP contribution in [0.3, 0.4) is 0 Å². The molecule has 0 aliphatic heterocycles. The third-order valence-electron chi connectivity index (χ3n) is 7.54. The predicted molar refractivity (Wildman–Crippen MR) is 181 cm³/mol. The van der Waals surface area contributed by atoms with Crippen molar-refractivity contribution in [3.05, 3.63) is 77.6 Å². The molecule has 0 bridgehead atoms. The number of amides is 4. The second-order valence-electron chi connectivity index (χ2n) is 11.2. The molecular weight excluding hydrogens is 655 g/mol. The van der Waals surface area contributed by atoms with E-state index in [1.54, 1.807) is 13.0 Å². The highest BCUT2D eigenvalue weighted by Crippen LogP contribution is 2.33. The molecule has 3 rings (SSSR count). The monoisotopic (exact) mass is 700 g/mol. The van der Waals surface area contributed by atoms with E-state index in [9.17, 15) is 23.7 Å². The summed E-state index contributed by atoms with van der Waals surface area (Å²) in [6.07, 6.45) is 3.39. The Hall–Kier alpha value is -4.49. The van der Waals surface area contributed by atoms with Crippen LogP contribution < -0.4 is 20.7 Å². The fraction of sp³-hybridized carbons (Fsp3) is 0.412. The molecule has 0 radical (unpaired) electrons. The Morgan fingerprint density at radius 2 is 1.71 bits per heavy atom. The van der Waals surface area contributed by atoms with Gasteiger partial charge in [0.25, 0.3) is 11.8 Å². The molecule has 1 unspecified atom stereocenters. The van der Waals surface area contributed by atoms with E-state index in [1.807, 2.05) is 37.3 Å². The van der Waals surface area contributed by atoms with Crippen LogP contribution in [-0.4, -0.2) is 64.6 Å². The van der Waals surface area contributed by atoms with Crippen molar-refractivity contribution in [1.82, 2.24) is 21.0 Å². The van der Waals surface area contributed by atoms with Gasteiger partial charge in [0.05, 0.1) is 25.2 Å². The van der Waals surface area contributed by atoms with E-state index in [0.717, 1.165) is 24.8 Å². The van der Waals surface area contributed by atoms with Gasteiger partial charge in [-0.3, -0.25) is 28.6 Å². The van der Waals surface area contributed by atoms with Crippen LogP contribution in [0, 0.1) is 5.92 Å². The summed E-state index contributed by atoms with van der Waals surface area (Å²) < 4.78 is 22.5. The molecule has 15 heteroatoms. The first kappa shape index (κ1) is 39.0. The zero-order chi connectivity index (χ0) is 35.8. The molecule has 0 fully saturated rings. The summed E-state index contributed by atoms with van der Waals surface area (Å²) in [6.45, 7) is 5.94. The molecule has 0 saturated heterocycles. The third-order valence-corrected chi connectivity index (χ3v) is 8.11. The van der Waals surface area contributed by atoms with Gasteiger partial charge in [-0.05, 0) is 55.7 Å². The van der Waals surface area contributed by atoms with E-state index < -0.39 is 37.7 Å². The zero-order valence-electron chi connectivity index (χ0n) is 27.9. The highest BCUT2D eigenvalue weighted by atomic mass is 31.2. The van der Waals surface area contributed by atoms with Crippen molar-refractivity contribution in [3.63, 3.8) is 0 Å². The molecule has 0 spiro atoms. The van der Waals surface area contributed by atoms with Crippen LogP contribution in [0.15, 0.2) is 65.1 Å². The fourth-order valence-corrected chi connectivity index (χ4v) is 5.48. The summed E-state index contributed by atoms with van der Waals surface area (Å²) in [5, 5.41) is 8.76. The maximum atomic E-state index is 13.4. The molecule has 2 aromatic carbocycles. The van der Waals surface area contributed by atoms with Crippen molar-refractivity contribution in [2.75, 3.05) is 19.6 Å². The minimum Gasteiger partial charge on any atom is -0.494 e. The van der Waals surface area contributed by atoms with Crippen LogP contribution >= 0.6 is 7.60 Å². The van der Waals surface area contributed by atoms with Crippen LogP contribution in [0.4, 0.5) is 0 Å².